The van der Waals surface area contributed by atoms with E-state index in [0.717, 1.165) is 37.1 Å². The van der Waals surface area contributed by atoms with Crippen molar-refractivity contribution in [1.29, 1.82) is 0 Å². The molecule has 2 unspecified atom stereocenters. The van der Waals surface area contributed by atoms with E-state index in [1.54, 1.807) is 0 Å². The van der Waals surface area contributed by atoms with Crippen molar-refractivity contribution < 1.29 is 14.3 Å². The van der Waals surface area contributed by atoms with E-state index in [2.05, 4.69) is 15.5 Å². The quantitative estimate of drug-likeness (QED) is 0.754. The van der Waals surface area contributed by atoms with Gasteiger partial charge in [-0.25, -0.2) is 4.90 Å². The fourth-order valence-corrected chi connectivity index (χ4v) is 5.20. The molecular weight excluding hydrogens is 378 g/mol. The van der Waals surface area contributed by atoms with Gasteiger partial charge in [-0.15, -0.1) is 0 Å². The number of carbonyl (C=O) groups excluding carboxylic acids is 2. The third-order valence-electron chi connectivity index (χ3n) is 6.63. The summed E-state index contributed by atoms with van der Waals surface area (Å²) in [5, 5.41) is 6.65. The van der Waals surface area contributed by atoms with Crippen LogP contribution in [0.25, 0.3) is 0 Å². The molecule has 6 nitrogen and oxygen atoms in total. The standard InChI is InChI=1S/C24H27N3O3/c28-22(17-11-13-25-14-12-17)20-15-26-16-21-23(29)30-24(27(20)21,18-7-3-1-4-8-18)19-9-5-2-6-10-19/h1-10,17,20-21,25-26H,11-16H2. The lowest BCUT2D eigenvalue weighted by Gasteiger charge is -2.45. The van der Waals surface area contributed by atoms with Crippen LogP contribution in [0.3, 0.4) is 0 Å². The van der Waals surface area contributed by atoms with E-state index in [0.29, 0.717) is 13.1 Å². The normalized spacial score (nSPS) is 26.7. The first-order valence-corrected chi connectivity index (χ1v) is 10.8. The molecule has 2 aromatic carbocycles. The van der Waals surface area contributed by atoms with Gasteiger partial charge in [0.2, 0.25) is 5.72 Å². The zero-order valence-electron chi connectivity index (χ0n) is 16.9. The number of Topliss-reactive ketones (excluding diaryl/α,β-unsaturated/α-hetero) is 1. The Morgan fingerprint density at radius 2 is 1.50 bits per heavy atom. The third-order valence-corrected chi connectivity index (χ3v) is 6.63. The van der Waals surface area contributed by atoms with Crippen molar-refractivity contribution >= 4 is 11.8 Å². The van der Waals surface area contributed by atoms with Gasteiger partial charge in [-0.05, 0) is 25.9 Å². The first-order valence-electron chi connectivity index (χ1n) is 10.8. The number of ketones is 1. The van der Waals surface area contributed by atoms with Crippen LogP contribution < -0.4 is 10.6 Å². The molecule has 0 amide bonds. The Balaban J connectivity index is 1.64. The van der Waals surface area contributed by atoms with Gasteiger partial charge in [0.25, 0.3) is 0 Å². The minimum absolute atomic E-state index is 0.0109. The molecule has 0 saturated carbocycles. The van der Waals surface area contributed by atoms with Crippen LogP contribution >= 0.6 is 0 Å². The number of rotatable bonds is 4. The third kappa shape index (κ3) is 3.07. The van der Waals surface area contributed by atoms with Gasteiger partial charge in [0.05, 0.1) is 6.04 Å². The topological polar surface area (TPSA) is 70.7 Å². The molecule has 156 valence electrons. The highest BCUT2D eigenvalue weighted by atomic mass is 16.6. The summed E-state index contributed by atoms with van der Waals surface area (Å²) < 4.78 is 6.22. The average Bonchev–Trinajstić information content (AvgIpc) is 3.14. The van der Waals surface area contributed by atoms with Crippen LogP contribution in [0.5, 0.6) is 0 Å². The number of hydrogen-bond acceptors (Lipinski definition) is 6. The van der Waals surface area contributed by atoms with Crippen LogP contribution in [0.1, 0.15) is 24.0 Å². The molecule has 0 bridgehead atoms. The number of piperazine rings is 1. The van der Waals surface area contributed by atoms with E-state index < -0.39 is 17.8 Å². The summed E-state index contributed by atoms with van der Waals surface area (Å²) in [6, 6.07) is 18.7. The monoisotopic (exact) mass is 405 g/mol. The Hall–Kier alpha value is -2.54. The van der Waals surface area contributed by atoms with Gasteiger partial charge in [0.1, 0.15) is 6.04 Å². The van der Waals surface area contributed by atoms with E-state index in [-0.39, 0.29) is 17.7 Å². The van der Waals surface area contributed by atoms with Crippen molar-refractivity contribution in [3.8, 4) is 0 Å². The summed E-state index contributed by atoms with van der Waals surface area (Å²) in [6.45, 7) is 2.73. The SMILES string of the molecule is O=C1OC(c2ccccc2)(c2ccccc2)N2C1CNCC2C(=O)C1CCNCC1. The second kappa shape index (κ2) is 7.95. The van der Waals surface area contributed by atoms with Gasteiger partial charge < -0.3 is 15.4 Å². The maximum Gasteiger partial charge on any atom is 0.327 e. The minimum atomic E-state index is -1.10. The van der Waals surface area contributed by atoms with E-state index >= 15 is 0 Å². The van der Waals surface area contributed by atoms with Crippen molar-refractivity contribution in [3.05, 3.63) is 71.8 Å². The Morgan fingerprint density at radius 1 is 0.900 bits per heavy atom. The number of ether oxygens (including phenoxy) is 1. The maximum absolute atomic E-state index is 13.7. The van der Waals surface area contributed by atoms with Crippen LogP contribution in [0, 0.1) is 5.92 Å². The predicted octanol–water partition coefficient (Wildman–Crippen LogP) is 1.66. The molecule has 2 N–H and O–H groups in total. The second-order valence-corrected chi connectivity index (χ2v) is 8.32. The van der Waals surface area contributed by atoms with Crippen LogP contribution in [0.4, 0.5) is 0 Å². The smallest absolute Gasteiger partial charge is 0.327 e. The largest absolute Gasteiger partial charge is 0.434 e. The maximum atomic E-state index is 13.7. The number of benzene rings is 2. The molecule has 0 aliphatic carbocycles. The number of nitrogens with zero attached hydrogens (tertiary/aromatic N) is 1. The number of piperidine rings is 1. The summed E-state index contributed by atoms with van der Waals surface area (Å²) in [4.78, 5) is 28.8. The molecule has 2 atom stereocenters. The lowest BCUT2D eigenvalue weighted by molar-refractivity contribution is -0.153. The fraction of sp³-hybridized carbons (Fsp3) is 0.417. The lowest BCUT2D eigenvalue weighted by atomic mass is 9.84. The summed E-state index contributed by atoms with van der Waals surface area (Å²) >= 11 is 0. The average molecular weight is 405 g/mol. The number of fused-ring (bicyclic) bond motifs is 1. The van der Waals surface area contributed by atoms with Crippen LogP contribution in [-0.2, 0) is 20.1 Å². The van der Waals surface area contributed by atoms with Crippen molar-refractivity contribution in [2.24, 2.45) is 5.92 Å². The Labute approximate surface area is 176 Å². The highest BCUT2D eigenvalue weighted by molar-refractivity contribution is 5.89. The molecule has 0 spiro atoms. The van der Waals surface area contributed by atoms with E-state index in [9.17, 15) is 9.59 Å². The molecule has 3 aliphatic heterocycles. The summed E-state index contributed by atoms with van der Waals surface area (Å²) in [7, 11) is 0. The van der Waals surface area contributed by atoms with E-state index in [1.807, 2.05) is 60.7 Å². The molecule has 3 fully saturated rings. The van der Waals surface area contributed by atoms with Crippen LogP contribution in [-0.4, -0.2) is 54.9 Å². The summed E-state index contributed by atoms with van der Waals surface area (Å²) in [6.07, 6.45) is 1.68. The van der Waals surface area contributed by atoms with Gasteiger partial charge in [-0.2, -0.15) is 0 Å². The highest BCUT2D eigenvalue weighted by Crippen LogP contribution is 2.46. The van der Waals surface area contributed by atoms with Gasteiger partial charge in [-0.3, -0.25) is 9.59 Å². The van der Waals surface area contributed by atoms with Crippen molar-refractivity contribution in [2.75, 3.05) is 26.2 Å². The molecule has 2 aromatic rings. The van der Waals surface area contributed by atoms with Crippen molar-refractivity contribution in [3.63, 3.8) is 0 Å². The van der Waals surface area contributed by atoms with Gasteiger partial charge >= 0.3 is 5.97 Å². The number of carbonyl (C=O) groups is 2. The minimum Gasteiger partial charge on any atom is -0.434 e. The molecule has 3 aliphatic rings. The molecule has 3 saturated heterocycles. The van der Waals surface area contributed by atoms with Crippen LogP contribution in [0.2, 0.25) is 0 Å². The molecule has 0 aromatic heterocycles. The number of nitrogens with one attached hydrogen (secondary N) is 2. The zero-order valence-corrected chi connectivity index (χ0v) is 16.9. The molecule has 30 heavy (non-hydrogen) atoms. The molecule has 6 heteroatoms. The molecule has 3 heterocycles. The Kier molecular flexibility index (Phi) is 5.15. The summed E-state index contributed by atoms with van der Waals surface area (Å²) in [5.74, 6) is -0.0574. The van der Waals surface area contributed by atoms with Gasteiger partial charge in [0.15, 0.2) is 5.78 Å². The van der Waals surface area contributed by atoms with E-state index in [4.69, 9.17) is 4.74 Å². The second-order valence-electron chi connectivity index (χ2n) is 8.32. The van der Waals surface area contributed by atoms with Crippen molar-refractivity contribution in [1.82, 2.24) is 15.5 Å². The number of hydrogen-bond donors (Lipinski definition) is 2. The van der Waals surface area contributed by atoms with Gasteiger partial charge in [0, 0.05) is 30.1 Å². The first-order chi connectivity index (χ1) is 14.7. The zero-order chi connectivity index (χ0) is 20.6. The fourth-order valence-electron chi connectivity index (χ4n) is 5.20. The van der Waals surface area contributed by atoms with E-state index in [1.165, 1.54) is 0 Å². The molecule has 5 rings (SSSR count). The highest BCUT2D eigenvalue weighted by Gasteiger charge is 2.60. The predicted molar refractivity (Wildman–Crippen MR) is 113 cm³/mol. The molecule has 0 radical (unpaired) electrons. The van der Waals surface area contributed by atoms with Crippen molar-refractivity contribution in [2.45, 2.75) is 30.7 Å². The van der Waals surface area contributed by atoms with Crippen LogP contribution in [0.15, 0.2) is 60.7 Å². The van der Waals surface area contributed by atoms with Gasteiger partial charge in [-0.1, -0.05) is 60.7 Å². The number of cyclic esters (lactones) is 1. The Morgan fingerprint density at radius 3 is 2.10 bits per heavy atom. The lowest BCUT2D eigenvalue weighted by Crippen LogP contribution is -2.65. The first kappa shape index (κ1) is 19.4. The molecular formula is C24H27N3O3. The number of esters is 1. The Bertz CT molecular complexity index is 872. The summed E-state index contributed by atoms with van der Waals surface area (Å²) in [5.41, 5.74) is 0.647.